The number of carbonyl (C=O) groups is 1. The molecule has 0 radical (unpaired) electrons. The summed E-state index contributed by atoms with van der Waals surface area (Å²) in [7, 11) is 0. The van der Waals surface area contributed by atoms with Gasteiger partial charge >= 0.3 is 5.97 Å². The van der Waals surface area contributed by atoms with Crippen LogP contribution in [0.3, 0.4) is 0 Å². The second-order valence-electron chi connectivity index (χ2n) is 4.91. The summed E-state index contributed by atoms with van der Waals surface area (Å²) in [4.78, 5) is 15.7. The molecule has 1 heterocycles. The van der Waals surface area contributed by atoms with Crippen molar-refractivity contribution < 1.29 is 9.53 Å². The third-order valence-corrected chi connectivity index (χ3v) is 4.04. The van der Waals surface area contributed by atoms with Crippen LogP contribution >= 0.6 is 23.2 Å². The monoisotopic (exact) mass is 301 g/mol. The molecule has 0 bridgehead atoms. The van der Waals surface area contributed by atoms with Gasteiger partial charge in [-0.15, -0.1) is 0 Å². The number of carbonyl (C=O) groups excluding carboxylic acids is 1. The van der Waals surface area contributed by atoms with Crippen LogP contribution in [0.5, 0.6) is 0 Å². The minimum absolute atomic E-state index is 0.0862. The molecule has 19 heavy (non-hydrogen) atoms. The van der Waals surface area contributed by atoms with E-state index in [1.54, 1.807) is 12.1 Å². The lowest BCUT2D eigenvalue weighted by Crippen LogP contribution is -2.08. The predicted molar refractivity (Wildman–Crippen MR) is 75.2 cm³/mol. The number of hydrogen-bond acceptors (Lipinski definition) is 3. The van der Waals surface area contributed by atoms with Crippen LogP contribution in [-0.2, 0) is 16.1 Å². The van der Waals surface area contributed by atoms with E-state index in [0.717, 1.165) is 6.42 Å². The van der Waals surface area contributed by atoms with Gasteiger partial charge in [0.25, 0.3) is 0 Å². The van der Waals surface area contributed by atoms with Crippen molar-refractivity contribution in [3.63, 3.8) is 0 Å². The van der Waals surface area contributed by atoms with Gasteiger partial charge in [0.15, 0.2) is 0 Å². The number of hydrogen-bond donors (Lipinski definition) is 0. The van der Waals surface area contributed by atoms with Crippen LogP contribution in [0.4, 0.5) is 0 Å². The van der Waals surface area contributed by atoms with E-state index in [1.165, 1.54) is 25.7 Å². The van der Waals surface area contributed by atoms with Gasteiger partial charge in [-0.05, 0) is 24.5 Å². The minimum Gasteiger partial charge on any atom is -0.459 e. The van der Waals surface area contributed by atoms with E-state index in [9.17, 15) is 4.79 Å². The maximum atomic E-state index is 11.6. The van der Waals surface area contributed by atoms with E-state index in [1.807, 2.05) is 0 Å². The molecular formula is C14H17Cl2NO2. The first-order valence-corrected chi connectivity index (χ1v) is 7.37. The third kappa shape index (κ3) is 4.66. The Hall–Kier alpha value is -0.800. The summed E-state index contributed by atoms with van der Waals surface area (Å²) in [6.45, 7) is 0.0862. The Morgan fingerprint density at radius 3 is 2.79 bits per heavy atom. The Kier molecular flexibility index (Phi) is 5.46. The molecule has 0 amide bonds. The molecule has 3 nitrogen and oxygen atoms in total. The van der Waals surface area contributed by atoms with Gasteiger partial charge in [0.05, 0.1) is 10.7 Å². The van der Waals surface area contributed by atoms with Crippen molar-refractivity contribution in [1.29, 1.82) is 0 Å². The van der Waals surface area contributed by atoms with Crippen LogP contribution in [-0.4, -0.2) is 11.0 Å². The van der Waals surface area contributed by atoms with E-state index in [0.29, 0.717) is 28.2 Å². The topological polar surface area (TPSA) is 39.2 Å². The van der Waals surface area contributed by atoms with Crippen molar-refractivity contribution >= 4 is 29.2 Å². The van der Waals surface area contributed by atoms with Crippen molar-refractivity contribution in [2.45, 2.75) is 45.1 Å². The molecule has 5 heteroatoms. The van der Waals surface area contributed by atoms with E-state index in [2.05, 4.69) is 4.98 Å². The summed E-state index contributed by atoms with van der Waals surface area (Å²) < 4.78 is 5.18. The number of esters is 1. The molecule has 1 aromatic rings. The Balaban J connectivity index is 1.74. The molecular weight excluding hydrogens is 285 g/mol. The maximum absolute atomic E-state index is 11.6. The van der Waals surface area contributed by atoms with Crippen LogP contribution in [0, 0.1) is 5.92 Å². The van der Waals surface area contributed by atoms with Gasteiger partial charge in [-0.2, -0.15) is 0 Å². The molecule has 0 atom stereocenters. The second kappa shape index (κ2) is 7.11. The summed E-state index contributed by atoms with van der Waals surface area (Å²) in [5.41, 5.74) is 0.503. The summed E-state index contributed by atoms with van der Waals surface area (Å²) in [6, 6.07) is 3.26. The lowest BCUT2D eigenvalue weighted by atomic mass is 10.0. The van der Waals surface area contributed by atoms with Gasteiger partial charge in [0, 0.05) is 6.42 Å². The van der Waals surface area contributed by atoms with E-state index >= 15 is 0 Å². The van der Waals surface area contributed by atoms with E-state index in [4.69, 9.17) is 27.9 Å². The van der Waals surface area contributed by atoms with Gasteiger partial charge in [0.2, 0.25) is 0 Å². The van der Waals surface area contributed by atoms with E-state index in [-0.39, 0.29) is 12.6 Å². The van der Waals surface area contributed by atoms with Gasteiger partial charge in [-0.25, -0.2) is 4.98 Å². The van der Waals surface area contributed by atoms with Gasteiger partial charge in [0.1, 0.15) is 11.8 Å². The van der Waals surface area contributed by atoms with Crippen LogP contribution < -0.4 is 0 Å². The fourth-order valence-corrected chi connectivity index (χ4v) is 2.73. The molecule has 0 spiro atoms. The Morgan fingerprint density at radius 2 is 2.05 bits per heavy atom. The minimum atomic E-state index is -0.190. The average molecular weight is 302 g/mol. The standard InChI is InChI=1S/C14H17Cl2NO2/c15-11-6-7-13(16)17-12(11)9-19-14(18)8-5-10-3-1-2-4-10/h6-7,10H,1-5,8-9H2. The molecule has 1 fully saturated rings. The van der Waals surface area contributed by atoms with Crippen molar-refractivity contribution in [3.8, 4) is 0 Å². The highest BCUT2D eigenvalue weighted by molar-refractivity contribution is 6.32. The first-order valence-electron chi connectivity index (χ1n) is 6.61. The maximum Gasteiger partial charge on any atom is 0.306 e. The molecule has 1 aliphatic rings. The molecule has 1 aliphatic carbocycles. The number of pyridine rings is 1. The zero-order valence-electron chi connectivity index (χ0n) is 10.7. The van der Waals surface area contributed by atoms with Crippen molar-refractivity contribution in [2.75, 3.05) is 0 Å². The highest BCUT2D eigenvalue weighted by atomic mass is 35.5. The second-order valence-corrected chi connectivity index (χ2v) is 5.71. The Bertz CT molecular complexity index is 445. The smallest absolute Gasteiger partial charge is 0.306 e. The number of halogens is 2. The van der Waals surface area contributed by atoms with Crippen molar-refractivity contribution in [2.24, 2.45) is 5.92 Å². The van der Waals surface area contributed by atoms with Crippen molar-refractivity contribution in [3.05, 3.63) is 28.0 Å². The van der Waals surface area contributed by atoms with Gasteiger partial charge in [-0.1, -0.05) is 48.9 Å². The average Bonchev–Trinajstić information content (AvgIpc) is 2.90. The first kappa shape index (κ1) is 14.6. The lowest BCUT2D eigenvalue weighted by molar-refractivity contribution is -0.145. The van der Waals surface area contributed by atoms with Gasteiger partial charge < -0.3 is 4.74 Å². The fourth-order valence-electron chi connectivity index (χ4n) is 2.40. The molecule has 1 aromatic heterocycles. The molecule has 1 saturated carbocycles. The number of nitrogens with zero attached hydrogens (tertiary/aromatic N) is 1. The van der Waals surface area contributed by atoms with Crippen molar-refractivity contribution in [1.82, 2.24) is 4.98 Å². The first-order chi connectivity index (χ1) is 9.15. The molecule has 0 saturated heterocycles. The Labute approximate surface area is 123 Å². The molecule has 0 aromatic carbocycles. The number of aromatic nitrogens is 1. The SMILES string of the molecule is O=C(CCC1CCCC1)OCc1nc(Cl)ccc1Cl. The fraction of sp³-hybridized carbons (Fsp3) is 0.571. The zero-order valence-corrected chi connectivity index (χ0v) is 12.2. The molecule has 104 valence electrons. The third-order valence-electron chi connectivity index (χ3n) is 3.49. The quantitative estimate of drug-likeness (QED) is 0.597. The zero-order chi connectivity index (χ0) is 13.7. The largest absolute Gasteiger partial charge is 0.459 e. The van der Waals surface area contributed by atoms with Crippen LogP contribution in [0.2, 0.25) is 10.2 Å². The molecule has 0 aliphatic heterocycles. The van der Waals surface area contributed by atoms with Crippen LogP contribution in [0.1, 0.15) is 44.2 Å². The molecule has 0 unspecified atom stereocenters. The van der Waals surface area contributed by atoms with Gasteiger partial charge in [-0.3, -0.25) is 4.79 Å². The normalized spacial score (nSPS) is 15.7. The summed E-state index contributed by atoms with van der Waals surface area (Å²) in [6.07, 6.45) is 6.48. The number of rotatable bonds is 5. The van der Waals surface area contributed by atoms with E-state index < -0.39 is 0 Å². The highest BCUT2D eigenvalue weighted by Crippen LogP contribution is 2.28. The Morgan fingerprint density at radius 1 is 1.32 bits per heavy atom. The predicted octanol–water partition coefficient (Wildman–Crippen LogP) is 4.40. The highest BCUT2D eigenvalue weighted by Gasteiger charge is 2.17. The molecule has 0 N–H and O–H groups in total. The van der Waals surface area contributed by atoms with Crippen LogP contribution in [0.15, 0.2) is 12.1 Å². The lowest BCUT2D eigenvalue weighted by Gasteiger charge is -2.09. The number of ether oxygens (including phenoxy) is 1. The summed E-state index contributed by atoms with van der Waals surface area (Å²) >= 11 is 11.7. The summed E-state index contributed by atoms with van der Waals surface area (Å²) in [5.74, 6) is 0.505. The summed E-state index contributed by atoms with van der Waals surface area (Å²) in [5, 5.41) is 0.814. The molecule has 2 rings (SSSR count). The van der Waals surface area contributed by atoms with Crippen LogP contribution in [0.25, 0.3) is 0 Å².